The Balaban J connectivity index is 2.04. The average Bonchev–Trinajstić information content (AvgIpc) is 2.50. The maximum Gasteiger partial charge on any atom is 0.223 e. The van der Waals surface area contributed by atoms with Gasteiger partial charge in [-0.15, -0.1) is 0 Å². The molecule has 0 radical (unpaired) electrons. The summed E-state index contributed by atoms with van der Waals surface area (Å²) in [4.78, 5) is 16.5. The number of pyridine rings is 1. The molecule has 5 heteroatoms. The van der Waals surface area contributed by atoms with Crippen molar-refractivity contribution in [3.63, 3.8) is 0 Å². The summed E-state index contributed by atoms with van der Waals surface area (Å²) < 4.78 is 2.06. The zero-order valence-electron chi connectivity index (χ0n) is 13.9. The lowest BCUT2D eigenvalue weighted by molar-refractivity contribution is 0.145. The van der Waals surface area contributed by atoms with Crippen LogP contribution in [0.25, 0.3) is 0 Å². The molecule has 0 bridgehead atoms. The Labute approximate surface area is 133 Å². The van der Waals surface area contributed by atoms with Gasteiger partial charge < -0.3 is 14.6 Å². The molecule has 1 aliphatic heterocycles. The lowest BCUT2D eigenvalue weighted by Gasteiger charge is -2.32. The van der Waals surface area contributed by atoms with Crippen LogP contribution < -0.4 is 5.43 Å². The maximum atomic E-state index is 11.8. The molecule has 2 heterocycles. The molecular formula is C17H29N3O2. The molecule has 1 aliphatic rings. The summed E-state index contributed by atoms with van der Waals surface area (Å²) in [5.41, 5.74) is 0.748. The van der Waals surface area contributed by atoms with E-state index in [1.165, 1.54) is 19.3 Å². The van der Waals surface area contributed by atoms with E-state index in [9.17, 15) is 9.90 Å². The molecular weight excluding hydrogens is 278 g/mol. The van der Waals surface area contributed by atoms with Crippen LogP contribution in [-0.2, 0) is 13.1 Å². The van der Waals surface area contributed by atoms with Gasteiger partial charge in [-0.05, 0) is 13.5 Å². The van der Waals surface area contributed by atoms with Crippen molar-refractivity contribution < 1.29 is 5.11 Å². The summed E-state index contributed by atoms with van der Waals surface area (Å²) in [7, 11) is 2.14. The van der Waals surface area contributed by atoms with E-state index >= 15 is 0 Å². The van der Waals surface area contributed by atoms with Crippen LogP contribution in [0.4, 0.5) is 0 Å². The Kier molecular flexibility index (Phi) is 6.46. The third kappa shape index (κ3) is 4.85. The lowest BCUT2D eigenvalue weighted by Crippen LogP contribution is -2.44. The number of aromatic hydroxyl groups is 1. The molecule has 22 heavy (non-hydrogen) atoms. The summed E-state index contributed by atoms with van der Waals surface area (Å²) in [6, 6.07) is 1.60. The van der Waals surface area contributed by atoms with Crippen molar-refractivity contribution in [2.45, 2.75) is 45.7 Å². The Bertz CT molecular complexity index is 519. The number of piperazine rings is 1. The molecule has 0 saturated carbocycles. The van der Waals surface area contributed by atoms with Gasteiger partial charge in [0.25, 0.3) is 0 Å². The van der Waals surface area contributed by atoms with E-state index in [1.54, 1.807) is 12.3 Å². The van der Waals surface area contributed by atoms with Crippen LogP contribution in [0, 0.1) is 0 Å². The Morgan fingerprint density at radius 2 is 1.86 bits per heavy atom. The summed E-state index contributed by atoms with van der Waals surface area (Å²) in [6.07, 6.45) is 6.34. The Hall–Kier alpha value is -1.33. The van der Waals surface area contributed by atoms with Crippen molar-refractivity contribution in [2.24, 2.45) is 0 Å². The summed E-state index contributed by atoms with van der Waals surface area (Å²) >= 11 is 0. The molecule has 1 aromatic rings. The van der Waals surface area contributed by atoms with Crippen LogP contribution in [0.1, 0.15) is 38.3 Å². The topological polar surface area (TPSA) is 48.7 Å². The first-order valence-corrected chi connectivity index (χ1v) is 8.43. The lowest BCUT2D eigenvalue weighted by atomic mass is 10.2. The van der Waals surface area contributed by atoms with Crippen LogP contribution >= 0.6 is 0 Å². The minimum Gasteiger partial charge on any atom is -0.503 e. The van der Waals surface area contributed by atoms with Crippen molar-refractivity contribution in [1.29, 1.82) is 0 Å². The highest BCUT2D eigenvalue weighted by atomic mass is 16.3. The standard InChI is InChI=1S/C17H29N3O2/c1-3-4-5-6-7-20-14-17(22)16(21)12-15(20)13-19-10-8-18(2)9-11-19/h12,14,22H,3-11,13H2,1-2H3. The summed E-state index contributed by atoms with van der Waals surface area (Å²) in [5, 5.41) is 9.71. The highest BCUT2D eigenvalue weighted by Crippen LogP contribution is 2.12. The van der Waals surface area contributed by atoms with Crippen molar-refractivity contribution in [3.8, 4) is 5.75 Å². The monoisotopic (exact) mass is 307 g/mol. The molecule has 0 unspecified atom stereocenters. The van der Waals surface area contributed by atoms with Crippen LogP contribution in [0.2, 0.25) is 0 Å². The van der Waals surface area contributed by atoms with Crippen molar-refractivity contribution in [2.75, 3.05) is 33.2 Å². The number of unbranched alkanes of at least 4 members (excludes halogenated alkanes) is 3. The smallest absolute Gasteiger partial charge is 0.223 e. The Morgan fingerprint density at radius 1 is 1.14 bits per heavy atom. The van der Waals surface area contributed by atoms with Gasteiger partial charge in [0.1, 0.15) is 0 Å². The van der Waals surface area contributed by atoms with Gasteiger partial charge in [0.05, 0.1) is 6.20 Å². The molecule has 124 valence electrons. The summed E-state index contributed by atoms with van der Waals surface area (Å²) in [5.74, 6) is -0.141. The largest absolute Gasteiger partial charge is 0.503 e. The molecule has 1 saturated heterocycles. The highest BCUT2D eigenvalue weighted by Gasteiger charge is 2.16. The SMILES string of the molecule is CCCCCCn1cc(O)c(=O)cc1CN1CCN(C)CC1. The van der Waals surface area contributed by atoms with Gasteiger partial charge in [-0.3, -0.25) is 9.69 Å². The fraction of sp³-hybridized carbons (Fsp3) is 0.706. The number of hydrogen-bond donors (Lipinski definition) is 1. The van der Waals surface area contributed by atoms with E-state index < -0.39 is 0 Å². The summed E-state index contributed by atoms with van der Waals surface area (Å²) in [6.45, 7) is 8.05. The molecule has 0 aliphatic carbocycles. The molecule has 0 amide bonds. The molecule has 0 spiro atoms. The zero-order valence-corrected chi connectivity index (χ0v) is 13.9. The minimum atomic E-state index is -0.270. The van der Waals surface area contributed by atoms with Crippen LogP contribution in [0.5, 0.6) is 5.75 Å². The van der Waals surface area contributed by atoms with Gasteiger partial charge in [-0.25, -0.2) is 0 Å². The van der Waals surface area contributed by atoms with Gasteiger partial charge in [0.2, 0.25) is 5.43 Å². The molecule has 0 aromatic carbocycles. The van der Waals surface area contributed by atoms with E-state index in [0.717, 1.165) is 51.4 Å². The Morgan fingerprint density at radius 3 is 2.55 bits per heavy atom. The molecule has 1 fully saturated rings. The van der Waals surface area contributed by atoms with Gasteiger partial charge in [-0.2, -0.15) is 0 Å². The minimum absolute atomic E-state index is 0.141. The highest BCUT2D eigenvalue weighted by molar-refractivity contribution is 5.20. The second-order valence-electron chi connectivity index (χ2n) is 6.35. The third-order valence-electron chi connectivity index (χ3n) is 4.43. The molecule has 2 rings (SSSR count). The second kappa shape index (κ2) is 8.34. The van der Waals surface area contributed by atoms with E-state index in [0.29, 0.717) is 0 Å². The predicted octanol–water partition coefficient (Wildman–Crippen LogP) is 1.88. The number of likely N-dealkylation sites (N-methyl/N-ethyl adjacent to an activating group) is 1. The van der Waals surface area contributed by atoms with Gasteiger partial charge in [0.15, 0.2) is 5.75 Å². The first-order valence-electron chi connectivity index (χ1n) is 8.43. The quantitative estimate of drug-likeness (QED) is 0.782. The predicted molar refractivity (Wildman–Crippen MR) is 89.3 cm³/mol. The van der Waals surface area contributed by atoms with Crippen LogP contribution in [-0.4, -0.2) is 52.7 Å². The van der Waals surface area contributed by atoms with Crippen molar-refractivity contribution >= 4 is 0 Å². The molecule has 1 N–H and O–H groups in total. The number of hydrogen-bond acceptors (Lipinski definition) is 4. The van der Waals surface area contributed by atoms with E-state index in [2.05, 4.69) is 28.3 Å². The van der Waals surface area contributed by atoms with Gasteiger partial charge in [0, 0.05) is 51.0 Å². The zero-order chi connectivity index (χ0) is 15.9. The van der Waals surface area contributed by atoms with E-state index in [1.807, 2.05) is 0 Å². The van der Waals surface area contributed by atoms with Gasteiger partial charge in [-0.1, -0.05) is 26.2 Å². The number of nitrogens with zero attached hydrogens (tertiary/aromatic N) is 3. The van der Waals surface area contributed by atoms with Crippen molar-refractivity contribution in [3.05, 3.63) is 28.2 Å². The fourth-order valence-corrected chi connectivity index (χ4v) is 2.89. The molecule has 1 aromatic heterocycles. The van der Waals surface area contributed by atoms with Gasteiger partial charge >= 0.3 is 0 Å². The average molecular weight is 307 g/mol. The second-order valence-corrected chi connectivity index (χ2v) is 6.35. The molecule has 0 atom stereocenters. The number of aromatic nitrogens is 1. The van der Waals surface area contributed by atoms with E-state index in [4.69, 9.17) is 0 Å². The number of aryl methyl sites for hydroxylation is 1. The maximum absolute atomic E-state index is 11.8. The fourth-order valence-electron chi connectivity index (χ4n) is 2.89. The first kappa shape index (κ1) is 17.0. The van der Waals surface area contributed by atoms with Crippen LogP contribution in [0.15, 0.2) is 17.1 Å². The third-order valence-corrected chi connectivity index (χ3v) is 4.43. The number of rotatable bonds is 7. The van der Waals surface area contributed by atoms with E-state index in [-0.39, 0.29) is 11.2 Å². The molecule has 5 nitrogen and oxygen atoms in total. The van der Waals surface area contributed by atoms with Crippen molar-refractivity contribution in [1.82, 2.24) is 14.4 Å². The first-order chi connectivity index (χ1) is 10.6. The normalized spacial score (nSPS) is 17.0. The van der Waals surface area contributed by atoms with Crippen LogP contribution in [0.3, 0.4) is 0 Å².